The maximum Gasteiger partial charge on any atom is 0.124 e. The lowest BCUT2D eigenvalue weighted by Gasteiger charge is -2.00. The molecule has 64 heavy (non-hydrogen) atoms. The molecule has 6 radical (unpaired) electrons. The van der Waals surface area contributed by atoms with Gasteiger partial charge >= 0.3 is 0 Å². The normalized spacial score (nSPS) is 12.3. The van der Waals surface area contributed by atoms with Gasteiger partial charge in [0.05, 0.1) is 39.8 Å². The SMILES string of the molecule is CNc1ccc(-c2nc3ccc(O)cc3s2)cc1.[11CH3]Nc1ccc(-c2nc3ccc(O)cc3s2)cc1.[3H]C([3H])([3H])Nc1ccc(-c2nc3ccc(O)cc3s2)cc1.[3H]P([B])I.[B]PI.[B][11CH](P)I. The van der Waals surface area contributed by atoms with E-state index < -0.39 is 13.0 Å². The van der Waals surface area contributed by atoms with Crippen molar-refractivity contribution < 1.29 is 19.4 Å². The minimum atomic E-state index is -2.20. The van der Waals surface area contributed by atoms with Crippen molar-refractivity contribution >= 4 is 193 Å². The molecule has 3 aromatic heterocycles. The summed E-state index contributed by atoms with van der Waals surface area (Å²) in [4.78, 5) is 13.6. The third-order valence-electron chi connectivity index (χ3n) is 8.23. The van der Waals surface area contributed by atoms with Crippen LogP contribution in [0.5, 0.6) is 17.2 Å². The molecule has 6 aromatic carbocycles. The monoisotopic (exact) mass is 1300 g/mol. The summed E-state index contributed by atoms with van der Waals surface area (Å²) in [5, 5.41) is 39.8. The molecule has 0 amide bonds. The standard InChI is InChI=1S/3C14H12N2OS.CH3BIP.2BHIP/c3*1-15-10-4-2-9(3-5-10)14-16-12-7-6-11(17)8-13(12)18-14;2-1(3)4;2*1-3-2/h3*2-8,15,17H,1H3;1H,4H2;2*3H/i1T3;1-1;;1-1;3T;. The van der Waals surface area contributed by atoms with Gasteiger partial charge in [0, 0.05) is 58.9 Å². The minimum absolute atomic E-state index is 0.218. The summed E-state index contributed by atoms with van der Waals surface area (Å²) in [5.41, 5.74) is 8.47. The van der Waals surface area contributed by atoms with Crippen LogP contribution in [0.15, 0.2) is 127 Å². The van der Waals surface area contributed by atoms with E-state index in [0.29, 0.717) is 11.8 Å². The zero-order valence-corrected chi connectivity index (χ0v) is 46.0. The molecule has 0 spiro atoms. The quantitative estimate of drug-likeness (QED) is 0.0416. The summed E-state index contributed by atoms with van der Waals surface area (Å²) in [6.45, 7) is -2.20. The van der Waals surface area contributed by atoms with Gasteiger partial charge in [-0.1, -0.05) is 66.7 Å². The Morgan fingerprint density at radius 1 is 0.578 bits per heavy atom. The van der Waals surface area contributed by atoms with Crippen LogP contribution < -0.4 is 16.0 Å². The molecule has 0 aliphatic rings. The van der Waals surface area contributed by atoms with Crippen molar-refractivity contribution in [3.63, 3.8) is 0 Å². The molecule has 0 bridgehead atoms. The number of thiazole rings is 3. The van der Waals surface area contributed by atoms with Crippen LogP contribution in [-0.2, 0) is 0 Å². The van der Waals surface area contributed by atoms with Gasteiger partial charge in [-0.25, -0.2) is 15.0 Å². The number of alkyl halides is 1. The van der Waals surface area contributed by atoms with Gasteiger partial charge < -0.3 is 31.3 Å². The van der Waals surface area contributed by atoms with E-state index >= 15 is 0 Å². The molecule has 4 atom stereocenters. The van der Waals surface area contributed by atoms with Gasteiger partial charge in [-0.3, -0.25) is 0 Å². The van der Waals surface area contributed by atoms with Crippen LogP contribution in [0.3, 0.4) is 0 Å². The summed E-state index contributed by atoms with van der Waals surface area (Å²) >= 11 is 10.7. The van der Waals surface area contributed by atoms with E-state index in [1.807, 2.05) is 109 Å². The minimum Gasteiger partial charge on any atom is -0.508 e. The second kappa shape index (κ2) is 28.6. The van der Waals surface area contributed by atoms with Crippen LogP contribution in [-0.4, -0.2) is 79.2 Å². The Morgan fingerprint density at radius 3 is 1.06 bits per heavy atom. The van der Waals surface area contributed by atoms with Crippen molar-refractivity contribution in [1.29, 1.82) is 1.28 Å². The maximum atomic E-state index is 9.47. The lowest BCUT2D eigenvalue weighted by molar-refractivity contribution is 0.475. The summed E-state index contributed by atoms with van der Waals surface area (Å²) in [5.74, 6) is 0.779. The number of aromatic hydroxyl groups is 3. The number of nitrogens with zero attached hydrogens (tertiary/aromatic N) is 3. The molecular weight excluding hydrogens is 1250 g/mol. The van der Waals surface area contributed by atoms with Crippen molar-refractivity contribution in [2.45, 2.75) is 3.57 Å². The van der Waals surface area contributed by atoms with Crippen LogP contribution in [0.2, 0.25) is 0 Å². The van der Waals surface area contributed by atoms with Crippen LogP contribution in [0.4, 0.5) is 17.1 Å². The predicted molar refractivity (Wildman–Crippen MR) is 318 cm³/mol. The second-order valence-electron chi connectivity index (χ2n) is 12.5. The number of fused-ring (bicyclic) bond motifs is 3. The van der Waals surface area contributed by atoms with Gasteiger partial charge in [0.15, 0.2) is 0 Å². The van der Waals surface area contributed by atoms with Gasteiger partial charge in [0.1, 0.15) is 47.4 Å². The Balaban J connectivity index is 0.000000201. The molecule has 0 aliphatic heterocycles. The molecule has 4 unspecified atom stereocenters. The summed E-state index contributed by atoms with van der Waals surface area (Å²) in [6.07, 6.45) is 0.553. The number of aromatic nitrogens is 3. The highest BCUT2D eigenvalue weighted by Gasteiger charge is 2.09. The number of benzene rings is 6. The van der Waals surface area contributed by atoms with E-state index in [1.54, 1.807) is 77.3 Å². The Kier molecular flexibility index (Phi) is 21.4. The molecule has 3 heterocycles. The fourth-order valence-corrected chi connectivity index (χ4v) is 8.38. The number of anilines is 3. The van der Waals surface area contributed by atoms with Crippen molar-refractivity contribution in [1.82, 2.24) is 15.0 Å². The van der Waals surface area contributed by atoms with Gasteiger partial charge in [0.2, 0.25) is 0 Å². The van der Waals surface area contributed by atoms with Gasteiger partial charge in [-0.15, -0.1) is 55.4 Å². The summed E-state index contributed by atoms with van der Waals surface area (Å²) in [7, 11) is 21.0. The average molecular weight is 1300 g/mol. The summed E-state index contributed by atoms with van der Waals surface area (Å²) in [6, 6.07) is 38.0. The zero-order valence-electron chi connectivity index (χ0n) is 38.0. The van der Waals surface area contributed by atoms with Gasteiger partial charge in [0.25, 0.3) is 0 Å². The Hall–Kier alpha value is -2.54. The molecule has 0 aliphatic carbocycles. The van der Waals surface area contributed by atoms with Crippen LogP contribution in [0, 0.1) is 0 Å². The lowest BCUT2D eigenvalue weighted by Crippen LogP contribution is -1.86. The molecule has 324 valence electrons. The third-order valence-corrected chi connectivity index (χ3v) is 11.4. The number of rotatable bonds is 6. The van der Waals surface area contributed by atoms with E-state index in [1.165, 1.54) is 11.3 Å². The van der Waals surface area contributed by atoms with E-state index in [4.69, 9.17) is 28.4 Å². The van der Waals surface area contributed by atoms with E-state index in [-0.39, 0.29) is 20.8 Å². The largest absolute Gasteiger partial charge is 0.508 e. The topological polar surface area (TPSA) is 135 Å². The molecule has 9 aromatic rings. The first-order valence-corrected chi connectivity index (χ1v) is 30.8. The van der Waals surface area contributed by atoms with Crippen LogP contribution in [0.1, 0.15) is 4.11 Å². The van der Waals surface area contributed by atoms with Gasteiger partial charge in [-0.2, -0.15) is 0 Å². The molecule has 0 saturated carbocycles. The molecule has 9 rings (SSSR count). The Bertz CT molecular complexity index is 2810. The molecule has 21 heteroatoms. The van der Waals surface area contributed by atoms with Crippen molar-refractivity contribution in [3.8, 4) is 49.0 Å². The maximum absolute atomic E-state index is 9.47. The zero-order chi connectivity index (χ0) is 50.0. The second-order valence-corrected chi connectivity index (χ2v) is 23.1. The first-order chi connectivity index (χ1) is 32.3. The van der Waals surface area contributed by atoms with Crippen LogP contribution in [0.25, 0.3) is 62.4 Å². The smallest absolute Gasteiger partial charge is 0.124 e. The van der Waals surface area contributed by atoms with E-state index in [2.05, 4.69) is 84.8 Å². The Labute approximate surface area is 440 Å². The lowest BCUT2D eigenvalue weighted by atomic mass is 9.88. The highest BCUT2D eigenvalue weighted by Crippen LogP contribution is 2.35. The number of hydrogen-bond donors (Lipinski definition) is 6. The summed E-state index contributed by atoms with van der Waals surface area (Å²) < 4.78 is 31.1. The molecular formula is C43H41B3I3N6O3P3S3. The first-order valence-electron chi connectivity index (χ1n) is 20.4. The number of hydrogen-bond acceptors (Lipinski definition) is 12. The van der Waals surface area contributed by atoms with Crippen molar-refractivity contribution in [2.24, 2.45) is 0 Å². The molecule has 9 nitrogen and oxygen atoms in total. The fourth-order valence-electron chi connectivity index (χ4n) is 5.37. The number of phenols is 3. The fraction of sp³-hybridized carbons (Fsp3) is 0.0930. The van der Waals surface area contributed by atoms with Crippen molar-refractivity contribution in [3.05, 3.63) is 127 Å². The van der Waals surface area contributed by atoms with E-state index in [9.17, 15) is 15.3 Å². The number of nitrogens with one attached hydrogen (secondary N) is 3. The number of halogens is 3. The van der Waals surface area contributed by atoms with E-state index in [0.717, 1.165) is 73.7 Å². The predicted octanol–water partition coefficient (Wildman–Crippen LogP) is 14.1. The first kappa shape index (κ1) is 47.9. The third kappa shape index (κ3) is 17.3. The average Bonchev–Trinajstić information content (AvgIpc) is 4.03. The van der Waals surface area contributed by atoms with Crippen molar-refractivity contribution in [2.75, 3.05) is 37.0 Å². The molecule has 0 fully saturated rings. The number of phenolic OH excluding ortho intramolecular Hbond substituents is 3. The highest BCUT2D eigenvalue weighted by molar-refractivity contribution is 14.2. The molecule has 0 saturated heterocycles. The van der Waals surface area contributed by atoms with Gasteiger partial charge in [-0.05, 0) is 131 Å². The Morgan fingerprint density at radius 2 is 0.828 bits per heavy atom. The van der Waals surface area contributed by atoms with Crippen LogP contribution >= 0.6 is 122 Å². The molecule has 6 N–H and O–H groups in total. The highest BCUT2D eigenvalue weighted by atomic mass is 127.